The largest absolute Gasteiger partial charge is 0.316 e. The van der Waals surface area contributed by atoms with Gasteiger partial charge in [-0.2, -0.15) is 0 Å². The molecule has 0 spiro atoms. The summed E-state index contributed by atoms with van der Waals surface area (Å²) in [7, 11) is 0. The van der Waals surface area contributed by atoms with Gasteiger partial charge in [0.15, 0.2) is 0 Å². The van der Waals surface area contributed by atoms with E-state index >= 15 is 0 Å². The van der Waals surface area contributed by atoms with Gasteiger partial charge in [-0.15, -0.1) is 0 Å². The summed E-state index contributed by atoms with van der Waals surface area (Å²) in [5.41, 5.74) is 0. The van der Waals surface area contributed by atoms with Gasteiger partial charge in [-0.25, -0.2) is 0 Å². The van der Waals surface area contributed by atoms with Crippen molar-refractivity contribution in [2.45, 2.75) is 50.7 Å². The average molecular weight is 249 g/mol. The van der Waals surface area contributed by atoms with Gasteiger partial charge < -0.3 is 10.2 Å². The van der Waals surface area contributed by atoms with Crippen LogP contribution in [0.25, 0.3) is 0 Å². The average Bonchev–Trinajstić information content (AvgIpc) is 3.06. The highest BCUT2D eigenvalue weighted by Crippen LogP contribution is 2.38. The molecule has 5 unspecified atom stereocenters. The molecular weight excluding hydrogens is 222 g/mol. The van der Waals surface area contributed by atoms with Crippen LogP contribution in [-0.2, 0) is 0 Å². The van der Waals surface area contributed by atoms with E-state index in [0.29, 0.717) is 0 Å². The van der Waals surface area contributed by atoms with Gasteiger partial charge in [-0.3, -0.25) is 4.90 Å². The molecule has 4 fully saturated rings. The van der Waals surface area contributed by atoms with Gasteiger partial charge in [0, 0.05) is 24.7 Å². The normalized spacial score (nSPS) is 49.5. The zero-order valence-corrected chi connectivity index (χ0v) is 11.6. The quantitative estimate of drug-likeness (QED) is 0.752. The fourth-order valence-corrected chi connectivity index (χ4v) is 5.19. The van der Waals surface area contributed by atoms with Gasteiger partial charge in [-0.1, -0.05) is 0 Å². The van der Waals surface area contributed by atoms with E-state index in [1.54, 1.807) is 0 Å². The molecule has 4 heterocycles. The molecule has 0 aromatic carbocycles. The topological polar surface area (TPSA) is 18.5 Å². The van der Waals surface area contributed by atoms with E-state index in [-0.39, 0.29) is 0 Å². The van der Waals surface area contributed by atoms with Crippen LogP contribution >= 0.6 is 0 Å². The number of likely N-dealkylation sites (tertiary alicyclic amines) is 1. The van der Waals surface area contributed by atoms with E-state index in [1.165, 1.54) is 58.4 Å². The lowest BCUT2D eigenvalue weighted by Crippen LogP contribution is -2.49. The van der Waals surface area contributed by atoms with Crippen molar-refractivity contribution >= 4 is 0 Å². The Bertz CT molecular complexity index is 319. The highest BCUT2D eigenvalue weighted by Gasteiger charge is 2.45. The van der Waals surface area contributed by atoms with Crippen LogP contribution in [0.2, 0.25) is 0 Å². The second-order valence-electron chi connectivity index (χ2n) is 7.03. The minimum absolute atomic E-state index is 0.822. The third kappa shape index (κ3) is 1.75. The maximum absolute atomic E-state index is 3.58. The second-order valence-corrected chi connectivity index (χ2v) is 7.03. The molecule has 0 aliphatic carbocycles. The lowest BCUT2D eigenvalue weighted by molar-refractivity contribution is 0.0761. The van der Waals surface area contributed by atoms with E-state index in [2.05, 4.69) is 22.0 Å². The summed E-state index contributed by atoms with van der Waals surface area (Å²) in [5, 5.41) is 3.58. The summed E-state index contributed by atoms with van der Waals surface area (Å²) < 4.78 is 0. The number of fused-ring (bicyclic) bond motifs is 2. The smallest absolute Gasteiger partial charge is 0.0125 e. The van der Waals surface area contributed by atoms with Crippen molar-refractivity contribution in [1.82, 2.24) is 15.1 Å². The molecule has 4 rings (SSSR count). The predicted octanol–water partition coefficient (Wildman–Crippen LogP) is 1.15. The summed E-state index contributed by atoms with van der Waals surface area (Å²) in [6, 6.07) is 2.64. The third-order valence-corrected chi connectivity index (χ3v) is 6.24. The minimum Gasteiger partial charge on any atom is -0.316 e. The van der Waals surface area contributed by atoms with Crippen molar-refractivity contribution in [3.63, 3.8) is 0 Å². The first-order chi connectivity index (χ1) is 8.83. The number of piperidine rings is 1. The highest BCUT2D eigenvalue weighted by atomic mass is 15.3. The Kier molecular flexibility index (Phi) is 2.90. The molecule has 18 heavy (non-hydrogen) atoms. The van der Waals surface area contributed by atoms with Crippen LogP contribution in [0.5, 0.6) is 0 Å². The Morgan fingerprint density at radius 2 is 2.00 bits per heavy atom. The Morgan fingerprint density at radius 3 is 2.89 bits per heavy atom. The van der Waals surface area contributed by atoms with Crippen molar-refractivity contribution in [3.8, 4) is 0 Å². The lowest BCUT2D eigenvalue weighted by atomic mass is 9.94. The third-order valence-electron chi connectivity index (χ3n) is 6.24. The fraction of sp³-hybridized carbons (Fsp3) is 1.00. The number of nitrogens with one attached hydrogen (secondary N) is 1. The van der Waals surface area contributed by atoms with Gasteiger partial charge in [-0.05, 0) is 70.6 Å². The predicted molar refractivity (Wildman–Crippen MR) is 73.6 cm³/mol. The zero-order chi connectivity index (χ0) is 12.1. The van der Waals surface area contributed by atoms with E-state index < -0.39 is 0 Å². The van der Waals surface area contributed by atoms with Crippen LogP contribution in [-0.4, -0.2) is 60.6 Å². The molecule has 0 aromatic rings. The molecule has 0 saturated carbocycles. The van der Waals surface area contributed by atoms with Crippen molar-refractivity contribution in [3.05, 3.63) is 0 Å². The monoisotopic (exact) mass is 249 g/mol. The van der Waals surface area contributed by atoms with Crippen LogP contribution in [0.4, 0.5) is 0 Å². The number of rotatable bonds is 1. The molecule has 0 amide bonds. The highest BCUT2D eigenvalue weighted by molar-refractivity contribution is 5.01. The summed E-state index contributed by atoms with van der Waals surface area (Å²) in [5.74, 6) is 1.88. The number of nitrogens with zero attached hydrogens (tertiary/aromatic N) is 2. The Labute approximate surface area is 111 Å². The molecule has 4 aliphatic rings. The van der Waals surface area contributed by atoms with Gasteiger partial charge in [0.1, 0.15) is 0 Å². The minimum atomic E-state index is 0.822. The molecule has 4 saturated heterocycles. The van der Waals surface area contributed by atoms with E-state index in [0.717, 1.165) is 30.0 Å². The SMILES string of the molecule is CC1C2CNCC2CN1C1CCN2CCCC2C1. The number of hydrogen-bond donors (Lipinski definition) is 1. The molecule has 0 radical (unpaired) electrons. The molecule has 4 aliphatic heterocycles. The first-order valence-corrected chi connectivity index (χ1v) is 8.03. The van der Waals surface area contributed by atoms with Gasteiger partial charge in [0.05, 0.1) is 0 Å². The summed E-state index contributed by atoms with van der Waals surface area (Å²) in [4.78, 5) is 5.63. The van der Waals surface area contributed by atoms with Crippen molar-refractivity contribution in [2.24, 2.45) is 11.8 Å². The Balaban J connectivity index is 1.44. The Hall–Kier alpha value is -0.120. The molecule has 0 aromatic heterocycles. The van der Waals surface area contributed by atoms with Crippen LogP contribution < -0.4 is 5.32 Å². The van der Waals surface area contributed by atoms with E-state index in [1.807, 2.05) is 0 Å². The molecule has 1 N–H and O–H groups in total. The first-order valence-electron chi connectivity index (χ1n) is 8.03. The molecule has 0 bridgehead atoms. The summed E-state index contributed by atoms with van der Waals surface area (Å²) >= 11 is 0. The van der Waals surface area contributed by atoms with E-state index in [9.17, 15) is 0 Å². The van der Waals surface area contributed by atoms with Gasteiger partial charge in [0.25, 0.3) is 0 Å². The zero-order valence-electron chi connectivity index (χ0n) is 11.6. The maximum Gasteiger partial charge on any atom is 0.0125 e. The lowest BCUT2D eigenvalue weighted by Gasteiger charge is -2.41. The number of hydrogen-bond acceptors (Lipinski definition) is 3. The fourth-order valence-electron chi connectivity index (χ4n) is 5.19. The molecule has 102 valence electrons. The van der Waals surface area contributed by atoms with E-state index in [4.69, 9.17) is 0 Å². The molecular formula is C15H27N3. The molecule has 5 atom stereocenters. The molecule has 3 nitrogen and oxygen atoms in total. The maximum atomic E-state index is 3.58. The summed E-state index contributed by atoms with van der Waals surface area (Å²) in [6.07, 6.45) is 5.79. The molecule has 3 heteroatoms. The van der Waals surface area contributed by atoms with Gasteiger partial charge in [0.2, 0.25) is 0 Å². The van der Waals surface area contributed by atoms with Gasteiger partial charge >= 0.3 is 0 Å². The van der Waals surface area contributed by atoms with Crippen molar-refractivity contribution in [2.75, 3.05) is 32.7 Å². The first kappa shape index (κ1) is 11.7. The van der Waals surface area contributed by atoms with Crippen LogP contribution in [0.1, 0.15) is 32.6 Å². The second kappa shape index (κ2) is 4.46. The van der Waals surface area contributed by atoms with Crippen LogP contribution in [0.15, 0.2) is 0 Å². The summed E-state index contributed by atoms with van der Waals surface area (Å²) in [6.45, 7) is 9.14. The van der Waals surface area contributed by atoms with Crippen molar-refractivity contribution < 1.29 is 0 Å². The standard InChI is InChI=1S/C15H27N3/c1-11-15-9-16-8-12(15)10-18(11)14-4-6-17-5-2-3-13(17)7-14/h11-16H,2-10H2,1H3. The van der Waals surface area contributed by atoms with Crippen molar-refractivity contribution in [1.29, 1.82) is 0 Å². The Morgan fingerprint density at radius 1 is 1.06 bits per heavy atom. The van der Waals surface area contributed by atoms with Crippen LogP contribution in [0, 0.1) is 11.8 Å². The van der Waals surface area contributed by atoms with Crippen LogP contribution in [0.3, 0.4) is 0 Å².